The minimum Gasteiger partial charge on any atom is -0.383 e. The maximum absolute atomic E-state index is 13.7. The van der Waals surface area contributed by atoms with Crippen molar-refractivity contribution in [3.8, 4) is 11.3 Å². The van der Waals surface area contributed by atoms with Crippen molar-refractivity contribution in [3.63, 3.8) is 0 Å². The Bertz CT molecular complexity index is 1530. The fourth-order valence-corrected chi connectivity index (χ4v) is 6.67. The first-order chi connectivity index (χ1) is 19.3. The monoisotopic (exact) mass is 540 g/mol. The minimum absolute atomic E-state index is 0.0254. The van der Waals surface area contributed by atoms with Gasteiger partial charge in [0.25, 0.3) is 5.91 Å². The summed E-state index contributed by atoms with van der Waals surface area (Å²) in [6.07, 6.45) is 8.99. The molecule has 3 aliphatic rings. The van der Waals surface area contributed by atoms with Gasteiger partial charge in [0, 0.05) is 42.9 Å². The summed E-state index contributed by atoms with van der Waals surface area (Å²) in [7, 11) is 1.98. The summed E-state index contributed by atoms with van der Waals surface area (Å²) in [4.78, 5) is 36.8. The molecule has 3 N–H and O–H groups in total. The van der Waals surface area contributed by atoms with E-state index in [1.54, 1.807) is 6.92 Å². The van der Waals surface area contributed by atoms with Gasteiger partial charge in [-0.2, -0.15) is 0 Å². The number of hydrogen-bond donors (Lipinski definition) is 2. The Labute approximate surface area is 234 Å². The van der Waals surface area contributed by atoms with Gasteiger partial charge in [-0.3, -0.25) is 9.59 Å². The molecule has 4 heterocycles. The molecule has 0 unspecified atom stereocenters. The zero-order chi connectivity index (χ0) is 28.0. The predicted octanol–water partition coefficient (Wildman–Crippen LogP) is 4.70. The number of nitrogens with one attached hydrogen (secondary N) is 1. The van der Waals surface area contributed by atoms with Crippen LogP contribution in [-0.2, 0) is 21.4 Å². The topological polar surface area (TPSA) is 115 Å². The molecule has 208 valence electrons. The normalized spacial score (nSPS) is 22.6. The third-order valence-corrected chi connectivity index (χ3v) is 8.83. The number of likely N-dealkylation sites (tertiary alicyclic amines) is 1. The van der Waals surface area contributed by atoms with E-state index in [9.17, 15) is 9.59 Å². The smallest absolute Gasteiger partial charge is 0.250 e. The summed E-state index contributed by atoms with van der Waals surface area (Å²) in [6.45, 7) is 7.63. The van der Waals surface area contributed by atoms with Crippen molar-refractivity contribution in [1.29, 1.82) is 0 Å². The lowest BCUT2D eigenvalue weighted by Gasteiger charge is -2.37. The first-order valence-corrected chi connectivity index (χ1v) is 14.0. The quantitative estimate of drug-likeness (QED) is 0.454. The van der Waals surface area contributed by atoms with Crippen LogP contribution in [0.3, 0.4) is 0 Å². The Kier molecular flexibility index (Phi) is 6.70. The van der Waals surface area contributed by atoms with Crippen LogP contribution in [0.4, 0.5) is 11.5 Å². The highest BCUT2D eigenvalue weighted by Gasteiger charge is 2.47. The number of benzene rings is 1. The van der Waals surface area contributed by atoms with Crippen molar-refractivity contribution < 1.29 is 14.3 Å². The summed E-state index contributed by atoms with van der Waals surface area (Å²) < 4.78 is 7.77. The molecule has 40 heavy (non-hydrogen) atoms. The number of rotatable bonds is 5. The van der Waals surface area contributed by atoms with E-state index in [0.717, 1.165) is 78.7 Å². The summed E-state index contributed by atoms with van der Waals surface area (Å²) in [5.41, 5.74) is 12.4. The Morgan fingerprint density at radius 3 is 2.67 bits per heavy atom. The van der Waals surface area contributed by atoms with Gasteiger partial charge in [-0.05, 0) is 68.7 Å². The molecule has 1 aromatic carbocycles. The van der Waals surface area contributed by atoms with Crippen molar-refractivity contribution in [2.45, 2.75) is 51.0 Å². The number of fused-ring (bicyclic) bond motifs is 1. The van der Waals surface area contributed by atoms with Crippen molar-refractivity contribution >= 4 is 39.9 Å². The molecule has 2 aliphatic heterocycles. The van der Waals surface area contributed by atoms with E-state index in [-0.39, 0.29) is 23.3 Å². The number of nitrogens with two attached hydrogens (primary N) is 1. The molecule has 1 spiro atoms. The van der Waals surface area contributed by atoms with Gasteiger partial charge in [-0.1, -0.05) is 24.8 Å². The van der Waals surface area contributed by atoms with Crippen LogP contribution in [-0.4, -0.2) is 56.5 Å². The van der Waals surface area contributed by atoms with Crippen LogP contribution in [0.5, 0.6) is 0 Å². The van der Waals surface area contributed by atoms with Gasteiger partial charge in [0.15, 0.2) is 0 Å². The van der Waals surface area contributed by atoms with Crippen LogP contribution in [0, 0.1) is 5.92 Å². The Balaban J connectivity index is 1.33. The highest BCUT2D eigenvalue weighted by atomic mass is 16.5. The highest BCUT2D eigenvalue weighted by molar-refractivity contribution is 6.05. The number of nitrogens with zero attached hydrogens (tertiary/aromatic N) is 4. The number of nitrogen functional groups attached to an aromatic ring is 1. The van der Waals surface area contributed by atoms with Gasteiger partial charge in [-0.25, -0.2) is 9.97 Å². The second-order valence-corrected chi connectivity index (χ2v) is 11.4. The number of aryl methyl sites for hydroxylation is 1. The van der Waals surface area contributed by atoms with Crippen molar-refractivity contribution in [2.24, 2.45) is 13.0 Å². The standard InChI is InChI=1S/C31H36N6O3/c1-19(2)29(38)35-23-11-9-21(10-12-23)26-24(25-27(32)33-18-34-28(25)36(26)3)20-5-7-22(8-6-20)30(39)37-15-4-13-31(37)14-16-40-17-31/h5,9-12,18,22H,1,4,6-8,13-17H2,2-3H3,(H,35,38)(H2,32,33,34)/t22-,31+/m0/s1. The van der Waals surface area contributed by atoms with Crippen LogP contribution in [0.2, 0.25) is 0 Å². The Morgan fingerprint density at radius 2 is 2.00 bits per heavy atom. The summed E-state index contributed by atoms with van der Waals surface area (Å²) in [6, 6.07) is 7.74. The molecule has 1 aliphatic carbocycles. The lowest BCUT2D eigenvalue weighted by Crippen LogP contribution is -2.50. The van der Waals surface area contributed by atoms with Crippen LogP contribution < -0.4 is 11.1 Å². The molecule has 3 aromatic rings. The number of hydrogen-bond acceptors (Lipinski definition) is 6. The Morgan fingerprint density at radius 1 is 1.20 bits per heavy atom. The number of allylic oxidation sites excluding steroid dienone is 2. The molecular weight excluding hydrogens is 504 g/mol. The van der Waals surface area contributed by atoms with E-state index in [4.69, 9.17) is 10.5 Å². The van der Waals surface area contributed by atoms with Crippen molar-refractivity contribution in [1.82, 2.24) is 19.4 Å². The number of ether oxygens (including phenoxy) is 1. The Hall–Kier alpha value is -3.98. The van der Waals surface area contributed by atoms with Gasteiger partial charge < -0.3 is 25.3 Å². The largest absolute Gasteiger partial charge is 0.383 e. The molecule has 2 amide bonds. The van der Waals surface area contributed by atoms with Gasteiger partial charge in [0.2, 0.25) is 5.91 Å². The molecule has 2 atom stereocenters. The van der Waals surface area contributed by atoms with E-state index >= 15 is 0 Å². The van der Waals surface area contributed by atoms with Crippen LogP contribution in [0.1, 0.15) is 51.0 Å². The summed E-state index contributed by atoms with van der Waals surface area (Å²) in [5, 5.41) is 3.69. The fourth-order valence-electron chi connectivity index (χ4n) is 6.67. The molecule has 9 heteroatoms. The summed E-state index contributed by atoms with van der Waals surface area (Å²) in [5.74, 6) is 0.471. The van der Waals surface area contributed by atoms with Crippen LogP contribution >= 0.6 is 0 Å². The SMILES string of the molecule is C=C(C)C(=O)Nc1ccc(-c2c(C3=CC[C@H](C(=O)N4CCC[C@]45CCOC5)CC3)c3c(N)ncnc3n2C)cc1. The third kappa shape index (κ3) is 4.38. The van der Waals surface area contributed by atoms with Crippen LogP contribution in [0.25, 0.3) is 27.9 Å². The number of carbonyl (C=O) groups is 2. The number of carbonyl (C=O) groups excluding carboxylic acids is 2. The summed E-state index contributed by atoms with van der Waals surface area (Å²) >= 11 is 0. The second-order valence-electron chi connectivity index (χ2n) is 11.4. The lowest BCUT2D eigenvalue weighted by atomic mass is 9.83. The third-order valence-electron chi connectivity index (χ3n) is 8.83. The fraction of sp³-hybridized carbons (Fsp3) is 0.419. The zero-order valence-electron chi connectivity index (χ0n) is 23.2. The van der Waals surface area contributed by atoms with Crippen molar-refractivity contribution in [2.75, 3.05) is 30.8 Å². The molecule has 9 nitrogen and oxygen atoms in total. The van der Waals surface area contributed by atoms with Gasteiger partial charge in [0.1, 0.15) is 17.8 Å². The molecule has 0 bridgehead atoms. The molecule has 2 saturated heterocycles. The average Bonchev–Trinajstić information content (AvgIpc) is 3.68. The maximum Gasteiger partial charge on any atom is 0.250 e. The van der Waals surface area contributed by atoms with E-state index in [2.05, 4.69) is 37.4 Å². The predicted molar refractivity (Wildman–Crippen MR) is 156 cm³/mol. The molecule has 0 radical (unpaired) electrons. The van der Waals surface area contributed by atoms with E-state index in [0.29, 0.717) is 30.1 Å². The number of aromatic nitrogens is 3. The molecule has 6 rings (SSSR count). The molecule has 2 fully saturated rings. The molecule has 0 saturated carbocycles. The average molecular weight is 541 g/mol. The van der Waals surface area contributed by atoms with Gasteiger partial charge in [0.05, 0.1) is 23.2 Å². The van der Waals surface area contributed by atoms with Gasteiger partial charge >= 0.3 is 0 Å². The lowest BCUT2D eigenvalue weighted by molar-refractivity contribution is -0.140. The van der Waals surface area contributed by atoms with Crippen molar-refractivity contribution in [3.05, 3.63) is 54.4 Å². The second kappa shape index (κ2) is 10.2. The van der Waals surface area contributed by atoms with E-state index < -0.39 is 0 Å². The number of anilines is 2. The van der Waals surface area contributed by atoms with E-state index in [1.165, 1.54) is 6.33 Å². The van der Waals surface area contributed by atoms with Crippen LogP contribution in [0.15, 0.2) is 48.8 Å². The zero-order valence-corrected chi connectivity index (χ0v) is 23.2. The first kappa shape index (κ1) is 26.3. The van der Waals surface area contributed by atoms with Gasteiger partial charge in [-0.15, -0.1) is 0 Å². The first-order valence-electron chi connectivity index (χ1n) is 14.0. The van der Waals surface area contributed by atoms with E-state index in [1.807, 2.05) is 31.3 Å². The maximum atomic E-state index is 13.7. The minimum atomic E-state index is -0.210. The molecule has 2 aromatic heterocycles. The number of amides is 2. The highest BCUT2D eigenvalue weighted by Crippen LogP contribution is 2.44. The molecular formula is C31H36N6O3.